The molecule has 4 rings (SSSR count). The minimum absolute atomic E-state index is 0.0620. The van der Waals surface area contributed by atoms with Gasteiger partial charge in [0.25, 0.3) is 0 Å². The zero-order valence-corrected chi connectivity index (χ0v) is 21.6. The van der Waals surface area contributed by atoms with E-state index in [2.05, 4.69) is 4.72 Å². The first-order valence-electron chi connectivity index (χ1n) is 12.5. The van der Waals surface area contributed by atoms with E-state index in [1.165, 1.54) is 0 Å². The van der Waals surface area contributed by atoms with Gasteiger partial charge >= 0.3 is 0 Å². The van der Waals surface area contributed by atoms with E-state index in [9.17, 15) is 13.2 Å². The Labute approximate surface area is 219 Å². The maximum atomic E-state index is 13.2. The summed E-state index contributed by atoms with van der Waals surface area (Å²) < 4.78 is 28.0. The molecule has 4 aromatic rings. The van der Waals surface area contributed by atoms with Gasteiger partial charge in [0.1, 0.15) is 0 Å². The van der Waals surface area contributed by atoms with Crippen molar-refractivity contribution in [1.29, 1.82) is 0 Å². The van der Waals surface area contributed by atoms with Crippen molar-refractivity contribution in [2.45, 2.75) is 37.2 Å². The topological polar surface area (TPSA) is 66.5 Å². The second-order valence-electron chi connectivity index (χ2n) is 9.00. The van der Waals surface area contributed by atoms with Gasteiger partial charge in [-0.15, -0.1) is 0 Å². The molecule has 0 saturated carbocycles. The zero-order chi connectivity index (χ0) is 25.9. The molecule has 0 fully saturated rings. The van der Waals surface area contributed by atoms with Gasteiger partial charge in [-0.25, -0.2) is 13.1 Å². The minimum Gasteiger partial charge on any atom is -0.334 e. The molecule has 0 heterocycles. The first kappa shape index (κ1) is 26.3. The fraction of sp³-hybridized carbons (Fsp3) is 0.194. The SMILES string of the molecule is O=C(CCc1ccc(S(=O)(=O)NCCc2ccccc2)cc1)N(Cc1ccccc1)Cc1ccccc1. The molecule has 0 atom stereocenters. The summed E-state index contributed by atoms with van der Waals surface area (Å²) in [4.78, 5) is 15.3. The number of hydrogen-bond donors (Lipinski definition) is 1. The van der Waals surface area contributed by atoms with Crippen LogP contribution in [-0.2, 0) is 40.7 Å². The number of nitrogens with one attached hydrogen (secondary N) is 1. The van der Waals surface area contributed by atoms with Crippen LogP contribution in [0.15, 0.2) is 120 Å². The van der Waals surface area contributed by atoms with Gasteiger partial charge in [0, 0.05) is 26.1 Å². The molecule has 1 amide bonds. The van der Waals surface area contributed by atoms with Gasteiger partial charge in [-0.05, 0) is 47.2 Å². The third kappa shape index (κ3) is 8.13. The average Bonchev–Trinajstić information content (AvgIpc) is 2.93. The molecular formula is C31H32N2O3S. The molecule has 190 valence electrons. The quantitative estimate of drug-likeness (QED) is 0.278. The van der Waals surface area contributed by atoms with Crippen molar-refractivity contribution in [2.75, 3.05) is 6.54 Å². The summed E-state index contributed by atoms with van der Waals surface area (Å²) in [6.45, 7) is 1.42. The van der Waals surface area contributed by atoms with Crippen LogP contribution in [0.25, 0.3) is 0 Å². The standard InChI is InChI=1S/C31H32N2O3S/c34-31(33(24-28-12-6-2-7-13-28)25-29-14-8-3-9-15-29)21-18-27-16-19-30(20-17-27)37(35,36)32-23-22-26-10-4-1-5-11-26/h1-17,19-20,32H,18,21-25H2. The predicted octanol–water partition coefficient (Wildman–Crippen LogP) is 5.37. The summed E-state index contributed by atoms with van der Waals surface area (Å²) >= 11 is 0. The van der Waals surface area contributed by atoms with E-state index in [1.54, 1.807) is 24.3 Å². The highest BCUT2D eigenvalue weighted by molar-refractivity contribution is 7.89. The number of hydrogen-bond acceptors (Lipinski definition) is 3. The molecule has 0 aliphatic carbocycles. The molecule has 5 nitrogen and oxygen atoms in total. The number of amides is 1. The Hall–Kier alpha value is -3.74. The smallest absolute Gasteiger partial charge is 0.240 e. The van der Waals surface area contributed by atoms with Crippen LogP contribution in [0.1, 0.15) is 28.7 Å². The Kier molecular flexibility index (Phi) is 9.24. The molecular weight excluding hydrogens is 480 g/mol. The third-order valence-electron chi connectivity index (χ3n) is 6.20. The summed E-state index contributed by atoms with van der Waals surface area (Å²) in [7, 11) is -3.59. The second kappa shape index (κ2) is 13.0. The van der Waals surface area contributed by atoms with Crippen molar-refractivity contribution >= 4 is 15.9 Å². The van der Waals surface area contributed by atoms with E-state index in [4.69, 9.17) is 0 Å². The van der Waals surface area contributed by atoms with E-state index < -0.39 is 10.0 Å². The van der Waals surface area contributed by atoms with Crippen LogP contribution in [0.5, 0.6) is 0 Å². The summed E-state index contributed by atoms with van der Waals surface area (Å²) in [5.41, 5.74) is 4.18. The Bertz CT molecular complexity index is 1320. The van der Waals surface area contributed by atoms with Gasteiger partial charge in [0.15, 0.2) is 0 Å². The molecule has 0 aromatic heterocycles. The van der Waals surface area contributed by atoms with Gasteiger partial charge in [-0.2, -0.15) is 0 Å². The Morgan fingerprint density at radius 2 is 1.05 bits per heavy atom. The number of nitrogens with zero attached hydrogens (tertiary/aromatic N) is 1. The number of aryl methyl sites for hydroxylation is 1. The van der Waals surface area contributed by atoms with Gasteiger partial charge in [-0.1, -0.05) is 103 Å². The third-order valence-corrected chi connectivity index (χ3v) is 7.67. The van der Waals surface area contributed by atoms with Crippen LogP contribution in [0.2, 0.25) is 0 Å². The number of carbonyl (C=O) groups is 1. The molecule has 0 saturated heterocycles. The summed E-state index contributed by atoms with van der Waals surface area (Å²) in [6, 6.07) is 36.5. The molecule has 4 aromatic carbocycles. The highest BCUT2D eigenvalue weighted by Crippen LogP contribution is 2.15. The fourth-order valence-corrected chi connectivity index (χ4v) is 5.17. The van der Waals surface area contributed by atoms with Crippen LogP contribution in [0, 0.1) is 0 Å². The van der Waals surface area contributed by atoms with Crippen LogP contribution >= 0.6 is 0 Å². The number of carbonyl (C=O) groups excluding carboxylic acids is 1. The average molecular weight is 513 g/mol. The maximum Gasteiger partial charge on any atom is 0.240 e. The van der Waals surface area contributed by atoms with Crippen molar-refractivity contribution in [3.05, 3.63) is 138 Å². The monoisotopic (exact) mass is 512 g/mol. The van der Waals surface area contributed by atoms with E-state index in [0.29, 0.717) is 38.9 Å². The van der Waals surface area contributed by atoms with E-state index >= 15 is 0 Å². The zero-order valence-electron chi connectivity index (χ0n) is 20.8. The molecule has 37 heavy (non-hydrogen) atoms. The Morgan fingerprint density at radius 3 is 1.57 bits per heavy atom. The van der Waals surface area contributed by atoms with Crippen LogP contribution in [0.3, 0.4) is 0 Å². The maximum absolute atomic E-state index is 13.2. The van der Waals surface area contributed by atoms with Crippen molar-refractivity contribution < 1.29 is 13.2 Å². The Morgan fingerprint density at radius 1 is 0.595 bits per heavy atom. The van der Waals surface area contributed by atoms with Gasteiger partial charge in [0.05, 0.1) is 4.90 Å². The van der Waals surface area contributed by atoms with E-state index in [1.807, 2.05) is 95.9 Å². The lowest BCUT2D eigenvalue weighted by molar-refractivity contribution is -0.132. The summed E-state index contributed by atoms with van der Waals surface area (Å²) in [6.07, 6.45) is 1.52. The first-order chi connectivity index (χ1) is 18.0. The first-order valence-corrected chi connectivity index (χ1v) is 14.0. The molecule has 0 radical (unpaired) electrons. The second-order valence-corrected chi connectivity index (χ2v) is 10.8. The Balaban J connectivity index is 1.34. The van der Waals surface area contributed by atoms with Crippen molar-refractivity contribution in [1.82, 2.24) is 9.62 Å². The molecule has 0 aliphatic heterocycles. The minimum atomic E-state index is -3.59. The van der Waals surface area contributed by atoms with E-state index in [0.717, 1.165) is 22.3 Å². The summed E-state index contributed by atoms with van der Waals surface area (Å²) in [5.74, 6) is 0.0620. The van der Waals surface area contributed by atoms with Gasteiger partial charge < -0.3 is 4.90 Å². The van der Waals surface area contributed by atoms with Crippen molar-refractivity contribution in [2.24, 2.45) is 0 Å². The van der Waals surface area contributed by atoms with Gasteiger partial charge in [0.2, 0.25) is 15.9 Å². The molecule has 6 heteroatoms. The number of sulfonamides is 1. The van der Waals surface area contributed by atoms with Crippen molar-refractivity contribution in [3.8, 4) is 0 Å². The van der Waals surface area contributed by atoms with Crippen LogP contribution < -0.4 is 4.72 Å². The largest absolute Gasteiger partial charge is 0.334 e. The lowest BCUT2D eigenvalue weighted by atomic mass is 10.1. The normalized spacial score (nSPS) is 11.2. The molecule has 1 N–H and O–H groups in total. The molecule has 0 spiro atoms. The molecule has 0 aliphatic rings. The lowest BCUT2D eigenvalue weighted by Crippen LogP contribution is -2.30. The predicted molar refractivity (Wildman–Crippen MR) is 147 cm³/mol. The van der Waals surface area contributed by atoms with Crippen molar-refractivity contribution in [3.63, 3.8) is 0 Å². The molecule has 0 bridgehead atoms. The van der Waals surface area contributed by atoms with Gasteiger partial charge in [-0.3, -0.25) is 4.79 Å². The highest BCUT2D eigenvalue weighted by atomic mass is 32.2. The highest BCUT2D eigenvalue weighted by Gasteiger charge is 2.16. The number of benzene rings is 4. The lowest BCUT2D eigenvalue weighted by Gasteiger charge is -2.23. The van der Waals surface area contributed by atoms with E-state index in [-0.39, 0.29) is 10.8 Å². The number of rotatable bonds is 12. The van der Waals surface area contributed by atoms with Crippen LogP contribution in [-0.4, -0.2) is 25.8 Å². The summed E-state index contributed by atoms with van der Waals surface area (Å²) in [5, 5.41) is 0. The van der Waals surface area contributed by atoms with Crippen LogP contribution in [0.4, 0.5) is 0 Å². The molecule has 0 unspecified atom stereocenters. The fourth-order valence-electron chi connectivity index (χ4n) is 4.14.